The van der Waals surface area contributed by atoms with E-state index in [0.717, 1.165) is 0 Å². The standard InChI is InChI=1S/4C6H15N.C4H10O14P4/c4*1-4-7(5-2)6-3;5-19(6)13-1-3(15-21(9,10)17-19)4-2-14-20(7,8)18-22(11,12)16-4/h4*4-6H2,1-3H3;3-4H,1-2H2,(H,5,6)(H,7,8)(H,9,10)(H,11,12)/p+1/t;;;;3-,4+. The van der Waals surface area contributed by atoms with Crippen molar-refractivity contribution in [1.29, 1.82) is 0 Å². The van der Waals surface area contributed by atoms with Crippen LogP contribution in [0.2, 0.25) is 0 Å². The van der Waals surface area contributed by atoms with Gasteiger partial charge in [0.05, 0.1) is 91.8 Å². The largest absolute Gasteiger partial charge is 0.756 e. The van der Waals surface area contributed by atoms with Gasteiger partial charge in [0.15, 0.2) is 0 Å². The summed E-state index contributed by atoms with van der Waals surface area (Å²) in [5.74, 6) is 0. The molecule has 4 unspecified atom stereocenters. The second-order valence-electron chi connectivity index (χ2n) is 11.1. The van der Waals surface area contributed by atoms with Crippen molar-refractivity contribution in [3.8, 4) is 0 Å². The highest BCUT2D eigenvalue weighted by Crippen LogP contribution is 2.63. The van der Waals surface area contributed by atoms with Gasteiger partial charge in [-0.1, -0.05) is 0 Å². The van der Waals surface area contributed by atoms with Crippen molar-refractivity contribution in [1.82, 2.24) is 0 Å². The normalized spacial score (nSPS) is 29.7. The van der Waals surface area contributed by atoms with Crippen LogP contribution in [0.4, 0.5) is 0 Å². The average molecular weight is 812 g/mol. The van der Waals surface area contributed by atoms with Crippen LogP contribution in [0.3, 0.4) is 0 Å². The van der Waals surface area contributed by atoms with Gasteiger partial charge in [0.2, 0.25) is 0 Å². The molecule has 22 heteroatoms. The van der Waals surface area contributed by atoms with Gasteiger partial charge in [-0.25, -0.2) is 13.2 Å². The summed E-state index contributed by atoms with van der Waals surface area (Å²) >= 11 is 0. The highest BCUT2D eigenvalue weighted by Gasteiger charge is 2.42. The van der Waals surface area contributed by atoms with Crippen LogP contribution < -0.4 is 34.3 Å². The third kappa shape index (κ3) is 27.9. The van der Waals surface area contributed by atoms with E-state index in [2.05, 4.69) is 110 Å². The number of hydrogen-bond donors (Lipinski definition) is 5. The lowest BCUT2D eigenvalue weighted by molar-refractivity contribution is -0.894. The molecule has 2 rings (SSSR count). The van der Waals surface area contributed by atoms with Crippen LogP contribution in [-0.2, 0) is 45.0 Å². The fourth-order valence-corrected chi connectivity index (χ4v) is 8.81. The van der Waals surface area contributed by atoms with E-state index < -0.39 is 56.7 Å². The van der Waals surface area contributed by atoms with E-state index >= 15 is 0 Å². The molecule has 0 spiro atoms. The van der Waals surface area contributed by atoms with Crippen LogP contribution in [-0.4, -0.2) is 109 Å². The smallest absolute Gasteiger partial charge is 0.478 e. The summed E-state index contributed by atoms with van der Waals surface area (Å²) in [5.41, 5.74) is 0. The molecular formula is C28H71N4O14P4+. The lowest BCUT2D eigenvalue weighted by Crippen LogP contribution is -3.11. The van der Waals surface area contributed by atoms with Gasteiger partial charge < -0.3 is 52.7 Å². The van der Waals surface area contributed by atoms with E-state index in [9.17, 15) is 32.9 Å². The van der Waals surface area contributed by atoms with E-state index in [1.165, 1.54) is 78.5 Å². The van der Waals surface area contributed by atoms with Crippen LogP contribution in [0.5, 0.6) is 0 Å². The minimum atomic E-state index is -5.41. The van der Waals surface area contributed by atoms with Gasteiger partial charge in [0.1, 0.15) is 12.2 Å². The molecule has 6 atom stereocenters. The zero-order valence-electron chi connectivity index (χ0n) is 32.6. The molecule has 0 aromatic carbocycles. The van der Waals surface area contributed by atoms with Crippen molar-refractivity contribution < 1.29 is 84.1 Å². The van der Waals surface area contributed by atoms with Crippen molar-refractivity contribution in [2.24, 2.45) is 0 Å². The van der Waals surface area contributed by atoms with E-state index in [4.69, 9.17) is 4.89 Å². The Kier molecular flexibility index (Phi) is 32.5. The van der Waals surface area contributed by atoms with Gasteiger partial charge in [-0.05, 0) is 83.1 Å². The maximum atomic E-state index is 11.3. The summed E-state index contributed by atoms with van der Waals surface area (Å²) < 4.78 is 69.0. The Morgan fingerprint density at radius 1 is 0.460 bits per heavy atom. The molecule has 50 heavy (non-hydrogen) atoms. The molecule has 2 saturated heterocycles. The number of hydrogen-bond acceptors (Lipinski definition) is 13. The van der Waals surface area contributed by atoms with Crippen LogP contribution in [0.25, 0.3) is 0 Å². The van der Waals surface area contributed by atoms with Crippen molar-refractivity contribution in [2.75, 3.05) is 91.8 Å². The number of nitrogens with one attached hydrogen (secondary N) is 4. The Bertz CT molecular complexity index is 895. The zero-order chi connectivity index (χ0) is 39.6. The molecule has 5 N–H and O–H groups in total. The van der Waals surface area contributed by atoms with Gasteiger partial charge in [-0.3, -0.25) is 18.2 Å². The summed E-state index contributed by atoms with van der Waals surface area (Å²) in [5, 5.41) is 0. The fourth-order valence-electron chi connectivity index (χ4n) is 4.41. The first-order valence-electron chi connectivity index (χ1n) is 17.9. The molecule has 0 radical (unpaired) electrons. The lowest BCUT2D eigenvalue weighted by atomic mass is 10.2. The molecule has 0 aromatic rings. The molecule has 2 aliphatic rings. The average Bonchev–Trinajstić information content (AvgIpc) is 3.24. The van der Waals surface area contributed by atoms with Crippen LogP contribution in [0, 0.1) is 0 Å². The molecule has 0 aliphatic carbocycles. The Morgan fingerprint density at radius 2 is 0.700 bits per heavy atom. The van der Waals surface area contributed by atoms with E-state index in [1.807, 2.05) is 0 Å². The van der Waals surface area contributed by atoms with E-state index in [0.29, 0.717) is 0 Å². The van der Waals surface area contributed by atoms with Crippen LogP contribution in [0.15, 0.2) is 0 Å². The number of phosphoric acid groups is 4. The van der Waals surface area contributed by atoms with Gasteiger partial charge in [0, 0.05) is 0 Å². The van der Waals surface area contributed by atoms with Crippen LogP contribution >= 0.6 is 31.3 Å². The molecule has 18 nitrogen and oxygen atoms in total. The maximum Gasteiger partial charge on any atom is 0.478 e. The summed E-state index contributed by atoms with van der Waals surface area (Å²) in [7, 11) is -21.0. The Morgan fingerprint density at radius 3 is 0.940 bits per heavy atom. The molecule has 0 amide bonds. The number of phosphoric ester groups is 4. The molecule has 2 aliphatic heterocycles. The topological polar surface area (TPSA) is 231 Å². The molecule has 2 heterocycles. The lowest BCUT2D eigenvalue weighted by Gasteiger charge is -2.30. The van der Waals surface area contributed by atoms with E-state index in [1.54, 1.807) is 19.6 Å². The second-order valence-corrected chi connectivity index (χ2v) is 17.0. The first-order valence-corrected chi connectivity index (χ1v) is 23.7. The molecule has 0 aromatic heterocycles. The van der Waals surface area contributed by atoms with Crippen molar-refractivity contribution in [3.63, 3.8) is 0 Å². The number of quaternary nitrogens is 4. The van der Waals surface area contributed by atoms with Crippen molar-refractivity contribution >= 4 is 31.3 Å². The third-order valence-electron chi connectivity index (χ3n) is 8.15. The monoisotopic (exact) mass is 811 g/mol. The van der Waals surface area contributed by atoms with Gasteiger partial charge in [-0.2, -0.15) is 0 Å². The van der Waals surface area contributed by atoms with Gasteiger partial charge in [-0.15, -0.1) is 0 Å². The van der Waals surface area contributed by atoms with Gasteiger partial charge >= 0.3 is 7.82 Å². The first kappa shape index (κ1) is 54.7. The zero-order valence-corrected chi connectivity index (χ0v) is 36.2. The highest BCUT2D eigenvalue weighted by atomic mass is 31.3. The van der Waals surface area contributed by atoms with Crippen molar-refractivity contribution in [3.05, 3.63) is 0 Å². The predicted molar refractivity (Wildman–Crippen MR) is 187 cm³/mol. The van der Waals surface area contributed by atoms with Crippen molar-refractivity contribution in [2.45, 2.75) is 95.3 Å². The van der Waals surface area contributed by atoms with E-state index in [-0.39, 0.29) is 0 Å². The molecule has 306 valence electrons. The number of rotatable bonds is 13. The quantitative estimate of drug-likeness (QED) is 0.128. The summed E-state index contributed by atoms with van der Waals surface area (Å²) in [6.45, 7) is 40.0. The predicted octanol–water partition coefficient (Wildman–Crippen LogP) is -1.92. The SMILES string of the molecule is CC[NH+](CC)CC.CC[NH+](CC)CC.CC[NH+](CC)CC.CC[NH+](CC)CC.O=P1([O-])OC[C@H]([C@@H]2COP(=O)(O)OP(=O)([O-])O2)OP(=O)([O-])O1. The fraction of sp³-hybridized carbons (Fsp3) is 1.00. The minimum Gasteiger partial charge on any atom is -0.756 e. The minimum absolute atomic E-state index is 0.975. The molecule has 0 bridgehead atoms. The Balaban J connectivity index is -0.000000648. The van der Waals surface area contributed by atoms with Crippen LogP contribution in [0.1, 0.15) is 83.1 Å². The highest BCUT2D eigenvalue weighted by molar-refractivity contribution is 7.60. The second kappa shape index (κ2) is 29.7. The molecule has 2 fully saturated rings. The maximum absolute atomic E-state index is 11.3. The Labute approximate surface area is 302 Å². The summed E-state index contributed by atoms with van der Waals surface area (Å²) in [4.78, 5) is 49.3. The molecule has 0 saturated carbocycles. The summed E-state index contributed by atoms with van der Waals surface area (Å²) in [6.07, 6.45) is -3.72. The Hall–Kier alpha value is 0.360. The first-order chi connectivity index (χ1) is 23.2. The third-order valence-corrected chi connectivity index (χ3v) is 13.4. The van der Waals surface area contributed by atoms with Gasteiger partial charge in [0.25, 0.3) is 23.5 Å². The summed E-state index contributed by atoms with van der Waals surface area (Å²) in [6, 6.07) is 0. The molecular weight excluding hydrogens is 740 g/mol.